The lowest BCUT2D eigenvalue weighted by molar-refractivity contribution is -0.104. The molecule has 0 bridgehead atoms. The predicted octanol–water partition coefficient (Wildman–Crippen LogP) is 17.9. The molecule has 0 fully saturated rings. The van der Waals surface area contributed by atoms with Gasteiger partial charge in [-0.1, -0.05) is 52.0 Å². The molecule has 2 aliphatic carbocycles. The van der Waals surface area contributed by atoms with E-state index in [-0.39, 0.29) is 120 Å². The fraction of sp³-hybridized carbons (Fsp3) is 0.148. The van der Waals surface area contributed by atoms with Crippen LogP contribution in [-0.4, -0.2) is 51.3 Å². The molecule has 2 aliphatic rings. The Balaban J connectivity index is 1.01. The van der Waals surface area contributed by atoms with Crippen LogP contribution in [0.25, 0.3) is 0 Å². The summed E-state index contributed by atoms with van der Waals surface area (Å²) in [7, 11) is 3.83. The molecule has 0 radical (unpaired) electrons. The van der Waals surface area contributed by atoms with Gasteiger partial charge in [-0.3, -0.25) is 9.59 Å². The summed E-state index contributed by atoms with van der Waals surface area (Å²) in [5, 5.41) is 43.8. The number of rotatable bonds is 21. The van der Waals surface area contributed by atoms with Crippen LogP contribution in [0.3, 0.4) is 0 Å². The average molecular weight is 1340 g/mol. The first-order chi connectivity index (χ1) is 48.7. The quantitative estimate of drug-likeness (QED) is 0.0212. The van der Waals surface area contributed by atoms with E-state index in [9.17, 15) is 45.0 Å². The molecule has 10 aromatic rings. The Labute approximate surface area is 579 Å². The molecule has 0 heterocycles. The van der Waals surface area contributed by atoms with Crippen molar-refractivity contribution in [3.63, 3.8) is 0 Å². The molecular weight excluding hydrogens is 1280 g/mol. The van der Waals surface area contributed by atoms with Crippen LogP contribution >= 0.6 is 0 Å². The van der Waals surface area contributed by atoms with Crippen molar-refractivity contribution in [1.29, 1.82) is 21.0 Å². The highest BCUT2D eigenvalue weighted by Gasteiger charge is 2.57. The van der Waals surface area contributed by atoms with Crippen LogP contribution in [0.4, 0.5) is 0 Å². The maximum absolute atomic E-state index is 12.3. The fourth-order valence-electron chi connectivity index (χ4n) is 12.9. The zero-order valence-corrected chi connectivity index (χ0v) is 55.3. The molecule has 1 spiro atoms. The van der Waals surface area contributed by atoms with E-state index in [2.05, 4.69) is 52.0 Å². The molecule has 20 nitrogen and oxygen atoms in total. The first-order valence-electron chi connectivity index (χ1n) is 31.3. The van der Waals surface area contributed by atoms with Gasteiger partial charge in [-0.25, -0.2) is 14.4 Å². The van der Waals surface area contributed by atoms with E-state index in [1.807, 2.05) is 24.3 Å². The van der Waals surface area contributed by atoms with Crippen molar-refractivity contribution in [1.82, 2.24) is 0 Å². The Hall–Kier alpha value is -13.7. The van der Waals surface area contributed by atoms with E-state index in [0.717, 1.165) is 22.3 Å². The number of methoxy groups -OCH3 is 3. The van der Waals surface area contributed by atoms with Crippen molar-refractivity contribution in [3.8, 4) is 116 Å². The molecule has 0 aromatic heterocycles. The van der Waals surface area contributed by atoms with Crippen LogP contribution in [0, 0.1) is 45.3 Å². The lowest BCUT2D eigenvalue weighted by Gasteiger charge is -2.31. The summed E-state index contributed by atoms with van der Waals surface area (Å²) in [5.41, 5.74) is 2.10. The molecule has 0 N–H and O–H groups in total. The first kappa shape index (κ1) is 67.3. The SMILES string of the molecule is COC(=O)c1ccc(Oc2cccc(Oc3cc4c(cc3Oc3cccc(Oc5ccc(C(=O)OC)cc5)c3C#N)C3(CC(C)(C)c5cc(Oc6cccc(Oc7ccc(C(=O)C=O)cc7)c6C#N)c(Oc6cccc(Oc7ccc(C(=O)OC)cc7)c6C#N)cc53)CC4(C)C)c2C#N)cc1. The van der Waals surface area contributed by atoms with E-state index in [4.69, 9.17) is 52.1 Å². The minimum absolute atomic E-state index is 0.000737. The van der Waals surface area contributed by atoms with Gasteiger partial charge in [-0.05, 0) is 216 Å². The number of fused-ring (bicyclic) bond motifs is 4. The number of nitriles is 4. The largest absolute Gasteiger partial charge is 0.465 e. The minimum Gasteiger partial charge on any atom is -0.465 e. The lowest BCUT2D eigenvalue weighted by atomic mass is 9.72. The summed E-state index contributed by atoms with van der Waals surface area (Å²) >= 11 is 0. The van der Waals surface area contributed by atoms with Crippen LogP contribution in [0.5, 0.6) is 92.0 Å². The number of carbonyl (C=O) groups excluding carboxylic acids is 5. The normalized spacial score (nSPS) is 14.0. The topological polar surface area (TPSA) is 282 Å². The molecular formula is C81H58N4O16. The third-order valence-electron chi connectivity index (χ3n) is 17.4. The van der Waals surface area contributed by atoms with Crippen molar-refractivity contribution in [2.75, 3.05) is 21.3 Å². The number of aldehydes is 1. The third-order valence-corrected chi connectivity index (χ3v) is 17.4. The predicted molar refractivity (Wildman–Crippen MR) is 364 cm³/mol. The van der Waals surface area contributed by atoms with Gasteiger partial charge in [0.25, 0.3) is 0 Å². The molecule has 0 saturated heterocycles. The number of benzene rings is 10. The third kappa shape index (κ3) is 13.4. The van der Waals surface area contributed by atoms with Gasteiger partial charge >= 0.3 is 17.9 Å². The van der Waals surface area contributed by atoms with Crippen molar-refractivity contribution >= 4 is 30.0 Å². The maximum Gasteiger partial charge on any atom is 0.337 e. The fourth-order valence-corrected chi connectivity index (χ4v) is 12.9. The van der Waals surface area contributed by atoms with Gasteiger partial charge in [-0.15, -0.1) is 0 Å². The van der Waals surface area contributed by atoms with Crippen molar-refractivity contribution in [2.45, 2.75) is 56.8 Å². The van der Waals surface area contributed by atoms with Gasteiger partial charge in [0, 0.05) is 11.0 Å². The molecule has 1 atom stereocenters. The van der Waals surface area contributed by atoms with Gasteiger partial charge in [-0.2, -0.15) is 21.0 Å². The molecule has 1 unspecified atom stereocenters. The zero-order valence-electron chi connectivity index (χ0n) is 55.3. The molecule has 10 aromatic carbocycles. The Morgan fingerprint density at radius 3 is 0.782 bits per heavy atom. The minimum atomic E-state index is -0.893. The number of hydrogen-bond acceptors (Lipinski definition) is 20. The number of ether oxygens (including phenoxy) is 11. The first-order valence-corrected chi connectivity index (χ1v) is 31.3. The van der Waals surface area contributed by atoms with E-state index < -0.39 is 39.9 Å². The van der Waals surface area contributed by atoms with E-state index >= 15 is 0 Å². The molecule has 0 saturated carbocycles. The monoisotopic (exact) mass is 1340 g/mol. The average Bonchev–Trinajstić information content (AvgIpc) is 1.52. The second-order valence-electron chi connectivity index (χ2n) is 24.7. The molecule has 498 valence electrons. The Morgan fingerprint density at radius 2 is 0.554 bits per heavy atom. The van der Waals surface area contributed by atoms with E-state index in [1.54, 1.807) is 109 Å². The summed E-state index contributed by atoms with van der Waals surface area (Å²) in [6.45, 7) is 8.45. The van der Waals surface area contributed by atoms with E-state index in [1.165, 1.54) is 82.0 Å². The van der Waals surface area contributed by atoms with Gasteiger partial charge in [0.05, 0.1) is 38.0 Å². The van der Waals surface area contributed by atoms with Crippen LogP contribution in [0.1, 0.15) is 126 Å². The summed E-state index contributed by atoms with van der Waals surface area (Å²) < 4.78 is 67.4. The van der Waals surface area contributed by atoms with Gasteiger partial charge in [0.2, 0.25) is 5.78 Å². The van der Waals surface area contributed by atoms with Gasteiger partial charge in [0.1, 0.15) is 116 Å². The number of Topliss-reactive ketones (excluding diaryl/α,β-unsaturated/α-hetero) is 1. The van der Waals surface area contributed by atoms with Crippen LogP contribution in [0.15, 0.2) is 194 Å². The number of esters is 3. The highest BCUT2D eigenvalue weighted by Crippen LogP contribution is 2.66. The summed E-state index contributed by atoms with van der Waals surface area (Å²) in [5.74, 6) is 0.129. The zero-order chi connectivity index (χ0) is 71.3. The van der Waals surface area contributed by atoms with Crippen molar-refractivity contribution in [2.24, 2.45) is 0 Å². The van der Waals surface area contributed by atoms with Crippen LogP contribution in [-0.2, 0) is 35.3 Å². The van der Waals surface area contributed by atoms with Crippen molar-refractivity contribution in [3.05, 3.63) is 261 Å². The van der Waals surface area contributed by atoms with Crippen LogP contribution in [0.2, 0.25) is 0 Å². The number of nitrogens with zero attached hydrogens (tertiary/aromatic N) is 4. The van der Waals surface area contributed by atoms with Gasteiger partial charge in [0.15, 0.2) is 29.3 Å². The van der Waals surface area contributed by atoms with E-state index in [0.29, 0.717) is 35.7 Å². The molecule has 20 heteroatoms. The Kier molecular flexibility index (Phi) is 18.5. The molecule has 12 rings (SSSR count). The smallest absolute Gasteiger partial charge is 0.337 e. The van der Waals surface area contributed by atoms with Gasteiger partial charge < -0.3 is 52.1 Å². The standard InChI is InChI=1S/C81H58N4O16/c1-79(2)45-81(61-38-74(100-70-18-10-14-66(57(70)42-84)96-53-32-24-49(25-33-53)77(89)92-6)72(36-59(61)79)98-68-16-8-12-64(55(68)40-82)94-51-28-20-47(21-29-51)63(87)44-86)46-80(3,4)60-37-73(99-69-17-9-13-65(56(69)41-83)95-52-30-22-48(23-31-52)76(88)91-5)75(39-62(60)81)101-71-19-11-15-67(58(71)43-85)97-54-34-26-50(27-35-54)78(90)93-7/h8-39,44H,45-46H2,1-7H3. The second kappa shape index (κ2) is 27.8. The molecule has 0 aliphatic heterocycles. The maximum atomic E-state index is 12.3. The highest BCUT2D eigenvalue weighted by atomic mass is 16.5. The van der Waals surface area contributed by atoms with Crippen molar-refractivity contribution < 1.29 is 76.1 Å². The molecule has 101 heavy (non-hydrogen) atoms. The molecule has 0 amide bonds. The second-order valence-corrected chi connectivity index (χ2v) is 24.7. The number of hydrogen-bond donors (Lipinski definition) is 0. The summed E-state index contributed by atoms with van der Waals surface area (Å²) in [6.07, 6.45) is 1.19. The lowest BCUT2D eigenvalue weighted by Crippen LogP contribution is -2.27. The van der Waals surface area contributed by atoms with Crippen LogP contribution < -0.4 is 37.9 Å². The summed E-state index contributed by atoms with van der Waals surface area (Å²) in [4.78, 5) is 60.3. The Bertz CT molecular complexity index is 5170. The summed E-state index contributed by atoms with van der Waals surface area (Å²) in [6, 6.07) is 60.3. The Morgan fingerprint density at radius 1 is 0.327 bits per heavy atom. The highest BCUT2D eigenvalue weighted by molar-refractivity contribution is 6.33. The number of carbonyl (C=O) groups is 5. The number of ketones is 1.